The number of hydrogen-bond donors (Lipinski definition) is 3. The Labute approximate surface area is 181 Å². The van der Waals surface area contributed by atoms with Crippen molar-refractivity contribution in [1.29, 1.82) is 0 Å². The number of rotatable bonds is 4. The second-order valence-corrected chi connectivity index (χ2v) is 9.46. The van der Waals surface area contributed by atoms with Crippen LogP contribution in [0.2, 0.25) is 0 Å². The summed E-state index contributed by atoms with van der Waals surface area (Å²) in [7, 11) is 0. The van der Waals surface area contributed by atoms with Crippen LogP contribution in [0.3, 0.4) is 0 Å². The molecule has 0 radical (unpaired) electrons. The fourth-order valence-corrected chi connectivity index (χ4v) is 6.64. The molecule has 6 saturated carbocycles. The first-order valence-electron chi connectivity index (χ1n) is 10.9. The number of carboxylic acid groups (broad SMARTS) is 1. The summed E-state index contributed by atoms with van der Waals surface area (Å²) in [5, 5.41) is 25.7. The molecule has 6 aliphatic carbocycles. The van der Waals surface area contributed by atoms with Crippen molar-refractivity contribution in [3.8, 4) is 11.5 Å². The monoisotopic (exact) mass is 433 g/mol. The Morgan fingerprint density at radius 2 is 2.25 bits per heavy atom. The van der Waals surface area contributed by atoms with Gasteiger partial charge in [-0.15, -0.1) is 5.10 Å². The van der Waals surface area contributed by atoms with Crippen LogP contribution in [-0.4, -0.2) is 46.9 Å². The van der Waals surface area contributed by atoms with E-state index in [0.717, 1.165) is 37.4 Å². The smallest absolute Gasteiger partial charge is 0.309 e. The molecule has 9 nitrogen and oxygen atoms in total. The number of aromatic amines is 1. The SMILES string of the molecule is O=C(O)[C@@H]1[C@@H](Nc2nc(-c3n[nH]c4ncc(F)cc34)nn3cccc23)[C@@H]2CC[C@]13C[C@H]2C3. The van der Waals surface area contributed by atoms with E-state index in [1.165, 1.54) is 6.07 Å². The number of hydrogen-bond acceptors (Lipinski definition) is 6. The standard InChI is InChI=1S/C22H20FN7O2/c23-11-6-13-17(27-28-18(13)24-9-11)20-26-19(14-2-1-5-30(14)29-20)25-16-12-3-4-22(7-10(12)8-22)15(16)21(31)32/h1-2,5-6,9-10,12,15-16H,3-4,7-8H2,(H,31,32)(H,24,27,28)(H,25,26,29)/t10-,12-,15+,16+,22+/m1/s1. The highest BCUT2D eigenvalue weighted by Crippen LogP contribution is 2.69. The summed E-state index contributed by atoms with van der Waals surface area (Å²) in [6.07, 6.45) is 7.03. The number of aromatic nitrogens is 6. The van der Waals surface area contributed by atoms with Crippen molar-refractivity contribution in [2.45, 2.75) is 31.7 Å². The number of halogens is 1. The van der Waals surface area contributed by atoms with E-state index in [-0.39, 0.29) is 11.5 Å². The number of carbonyl (C=O) groups is 1. The van der Waals surface area contributed by atoms with E-state index in [2.05, 4.69) is 25.6 Å². The minimum Gasteiger partial charge on any atom is -0.481 e. The zero-order valence-electron chi connectivity index (χ0n) is 17.0. The van der Waals surface area contributed by atoms with E-state index in [9.17, 15) is 14.3 Å². The van der Waals surface area contributed by atoms with Crippen molar-refractivity contribution >= 4 is 28.3 Å². The lowest BCUT2D eigenvalue weighted by Crippen LogP contribution is -2.67. The van der Waals surface area contributed by atoms with Crippen LogP contribution in [0.1, 0.15) is 25.7 Å². The second kappa shape index (κ2) is 6.02. The molecular formula is C22H20FN7O2. The van der Waals surface area contributed by atoms with Crippen molar-refractivity contribution in [3.63, 3.8) is 0 Å². The molecular weight excluding hydrogens is 413 g/mol. The van der Waals surface area contributed by atoms with E-state index >= 15 is 0 Å². The van der Waals surface area contributed by atoms with Crippen LogP contribution in [0.15, 0.2) is 30.6 Å². The maximum absolute atomic E-state index is 13.8. The number of H-pyrrole nitrogens is 1. The lowest BCUT2D eigenvalue weighted by molar-refractivity contribution is -0.189. The van der Waals surface area contributed by atoms with E-state index in [1.807, 2.05) is 12.1 Å². The molecule has 10 heteroatoms. The fourth-order valence-electron chi connectivity index (χ4n) is 6.64. The van der Waals surface area contributed by atoms with Crippen molar-refractivity contribution in [3.05, 3.63) is 36.4 Å². The molecule has 1 spiro atoms. The van der Waals surface area contributed by atoms with Crippen LogP contribution >= 0.6 is 0 Å². The largest absolute Gasteiger partial charge is 0.481 e. The average molecular weight is 433 g/mol. The normalized spacial score (nSPS) is 30.5. The molecule has 3 atom stereocenters. The van der Waals surface area contributed by atoms with Gasteiger partial charge in [0.05, 0.1) is 17.5 Å². The van der Waals surface area contributed by atoms with Gasteiger partial charge in [-0.2, -0.15) is 5.10 Å². The minimum atomic E-state index is -0.731. The van der Waals surface area contributed by atoms with Gasteiger partial charge >= 0.3 is 5.97 Å². The first kappa shape index (κ1) is 18.1. The molecule has 0 saturated heterocycles. The maximum atomic E-state index is 13.8. The summed E-state index contributed by atoms with van der Waals surface area (Å²) < 4.78 is 15.5. The molecule has 0 unspecified atom stereocenters. The van der Waals surface area contributed by atoms with Gasteiger partial charge in [-0.1, -0.05) is 0 Å². The fraction of sp³-hybridized carbons (Fsp3) is 0.409. The summed E-state index contributed by atoms with van der Waals surface area (Å²) in [5.41, 5.74) is 1.52. The molecule has 3 N–H and O–H groups in total. The van der Waals surface area contributed by atoms with Crippen molar-refractivity contribution < 1.29 is 14.3 Å². The highest BCUT2D eigenvalue weighted by molar-refractivity contribution is 5.89. The summed E-state index contributed by atoms with van der Waals surface area (Å²) >= 11 is 0. The van der Waals surface area contributed by atoms with Gasteiger partial charge < -0.3 is 10.4 Å². The van der Waals surface area contributed by atoms with Crippen LogP contribution in [0.25, 0.3) is 28.1 Å². The molecule has 6 fully saturated rings. The molecule has 0 aromatic carbocycles. The molecule has 32 heavy (non-hydrogen) atoms. The van der Waals surface area contributed by atoms with Gasteiger partial charge in [0.25, 0.3) is 0 Å². The van der Waals surface area contributed by atoms with Gasteiger partial charge in [0.15, 0.2) is 11.5 Å². The van der Waals surface area contributed by atoms with E-state index in [0.29, 0.717) is 40.2 Å². The Bertz CT molecular complexity index is 1400. The Hall–Kier alpha value is -3.56. The Kier molecular flexibility index (Phi) is 3.40. The number of aliphatic carboxylic acids is 1. The van der Waals surface area contributed by atoms with Gasteiger partial charge in [0, 0.05) is 12.2 Å². The van der Waals surface area contributed by atoms with Gasteiger partial charge in [0.2, 0.25) is 5.82 Å². The second-order valence-electron chi connectivity index (χ2n) is 9.46. The third kappa shape index (κ3) is 2.29. The first-order valence-corrected chi connectivity index (χ1v) is 10.9. The van der Waals surface area contributed by atoms with Gasteiger partial charge in [-0.05, 0) is 61.1 Å². The zero-order chi connectivity index (χ0) is 21.6. The first-order chi connectivity index (χ1) is 15.5. The molecule has 6 aliphatic rings. The van der Waals surface area contributed by atoms with Crippen molar-refractivity contribution in [2.75, 3.05) is 5.32 Å². The molecule has 3 bridgehead atoms. The molecule has 10 rings (SSSR count). The third-order valence-electron chi connectivity index (χ3n) is 7.95. The van der Waals surface area contributed by atoms with Crippen LogP contribution in [0, 0.1) is 29.0 Å². The predicted octanol–water partition coefficient (Wildman–Crippen LogP) is 3.11. The molecule has 0 aliphatic heterocycles. The van der Waals surface area contributed by atoms with E-state index in [4.69, 9.17) is 4.98 Å². The number of carboxylic acids is 1. The van der Waals surface area contributed by atoms with Crippen LogP contribution < -0.4 is 5.32 Å². The lowest BCUT2D eigenvalue weighted by Gasteiger charge is -2.67. The predicted molar refractivity (Wildman–Crippen MR) is 112 cm³/mol. The number of nitrogens with one attached hydrogen (secondary N) is 2. The molecule has 4 heterocycles. The summed E-state index contributed by atoms with van der Waals surface area (Å²) in [5.74, 6) is 0.165. The van der Waals surface area contributed by atoms with E-state index in [1.54, 1.807) is 10.7 Å². The number of pyridine rings is 1. The topological polar surface area (TPSA) is 121 Å². The van der Waals surface area contributed by atoms with Crippen LogP contribution in [0.5, 0.6) is 0 Å². The Balaban J connectivity index is 1.34. The van der Waals surface area contributed by atoms with Gasteiger partial charge in [-0.25, -0.2) is 18.9 Å². The Morgan fingerprint density at radius 1 is 1.38 bits per heavy atom. The summed E-state index contributed by atoms with van der Waals surface area (Å²) in [6.45, 7) is 0. The molecule has 162 valence electrons. The Morgan fingerprint density at radius 3 is 3.03 bits per heavy atom. The van der Waals surface area contributed by atoms with Gasteiger partial charge in [0.1, 0.15) is 17.0 Å². The minimum absolute atomic E-state index is 0.0847. The highest BCUT2D eigenvalue weighted by atomic mass is 19.1. The molecule has 0 amide bonds. The maximum Gasteiger partial charge on any atom is 0.309 e. The average Bonchev–Trinajstić information content (AvgIpc) is 3.39. The summed E-state index contributed by atoms with van der Waals surface area (Å²) in [6, 6.07) is 4.93. The van der Waals surface area contributed by atoms with Crippen molar-refractivity contribution in [2.24, 2.45) is 23.2 Å². The van der Waals surface area contributed by atoms with Crippen LogP contribution in [0.4, 0.5) is 10.2 Å². The van der Waals surface area contributed by atoms with Crippen molar-refractivity contribution in [1.82, 2.24) is 29.8 Å². The summed E-state index contributed by atoms with van der Waals surface area (Å²) in [4.78, 5) is 21.0. The number of anilines is 1. The number of fused-ring (bicyclic) bond motifs is 2. The van der Waals surface area contributed by atoms with Crippen LogP contribution in [-0.2, 0) is 4.79 Å². The molecule has 4 aromatic heterocycles. The lowest BCUT2D eigenvalue weighted by atomic mass is 9.38. The van der Waals surface area contributed by atoms with Gasteiger partial charge in [-0.3, -0.25) is 9.89 Å². The quantitative estimate of drug-likeness (QED) is 0.452. The third-order valence-corrected chi connectivity index (χ3v) is 7.95. The zero-order valence-corrected chi connectivity index (χ0v) is 17.0. The van der Waals surface area contributed by atoms with E-state index < -0.39 is 17.7 Å². The highest BCUT2D eigenvalue weighted by Gasteiger charge is 2.67. The number of nitrogens with zero attached hydrogens (tertiary/aromatic N) is 5. The molecule has 4 aromatic rings.